The van der Waals surface area contributed by atoms with Gasteiger partial charge in [0.2, 0.25) is 0 Å². The van der Waals surface area contributed by atoms with E-state index in [1.807, 2.05) is 19.9 Å². The van der Waals surface area contributed by atoms with Crippen molar-refractivity contribution >= 4 is 5.96 Å². The molecule has 0 spiro atoms. The Morgan fingerprint density at radius 1 is 1.31 bits per heavy atom. The van der Waals surface area contributed by atoms with Crippen LogP contribution < -0.4 is 20.1 Å². The summed E-state index contributed by atoms with van der Waals surface area (Å²) in [5, 5.41) is 10.6. The molecule has 7 nitrogen and oxygen atoms in total. The minimum absolute atomic E-state index is 0.211. The standard InChI is InChI=1S/C19H26N4O3/c1-11-6-14-7-17(24-5)15(8-18(14)25-11)9-21-19(20-4)22-10-16-12(2)23-26-13(16)3/h7-8,11H,6,9-10H2,1-5H3,(H2,20,21,22). The normalized spacial score (nSPS) is 16.2. The number of hydrogen-bond donors (Lipinski definition) is 2. The Balaban J connectivity index is 1.65. The fraction of sp³-hybridized carbons (Fsp3) is 0.474. The van der Waals surface area contributed by atoms with Crippen molar-refractivity contribution in [2.75, 3.05) is 14.2 Å². The first-order valence-corrected chi connectivity index (χ1v) is 8.74. The van der Waals surface area contributed by atoms with Crippen LogP contribution in [-0.2, 0) is 19.5 Å². The van der Waals surface area contributed by atoms with Crippen LogP contribution in [-0.4, -0.2) is 31.4 Å². The fourth-order valence-corrected chi connectivity index (χ4v) is 3.14. The average molecular weight is 358 g/mol. The zero-order valence-electron chi connectivity index (χ0n) is 16.0. The van der Waals surface area contributed by atoms with E-state index in [0.29, 0.717) is 19.0 Å². The van der Waals surface area contributed by atoms with Gasteiger partial charge in [0.25, 0.3) is 0 Å². The number of benzene rings is 1. The molecular weight excluding hydrogens is 332 g/mol. The van der Waals surface area contributed by atoms with E-state index in [1.54, 1.807) is 14.2 Å². The number of nitrogens with one attached hydrogen (secondary N) is 2. The van der Waals surface area contributed by atoms with Crippen molar-refractivity contribution in [3.05, 3.63) is 40.3 Å². The highest BCUT2D eigenvalue weighted by atomic mass is 16.5. The molecule has 0 radical (unpaired) electrons. The van der Waals surface area contributed by atoms with Crippen LogP contribution in [0, 0.1) is 13.8 Å². The van der Waals surface area contributed by atoms with Crippen LogP contribution in [0.5, 0.6) is 11.5 Å². The summed E-state index contributed by atoms with van der Waals surface area (Å²) in [6, 6.07) is 4.11. The lowest BCUT2D eigenvalue weighted by atomic mass is 10.1. The first-order chi connectivity index (χ1) is 12.5. The molecule has 1 aliphatic rings. The van der Waals surface area contributed by atoms with E-state index < -0.39 is 0 Å². The van der Waals surface area contributed by atoms with E-state index in [-0.39, 0.29) is 6.10 Å². The van der Waals surface area contributed by atoms with Gasteiger partial charge in [-0.05, 0) is 32.9 Å². The van der Waals surface area contributed by atoms with Gasteiger partial charge in [0.05, 0.1) is 12.8 Å². The van der Waals surface area contributed by atoms with Crippen molar-refractivity contribution in [2.45, 2.75) is 46.4 Å². The third-order valence-electron chi connectivity index (χ3n) is 4.58. The van der Waals surface area contributed by atoms with Crippen molar-refractivity contribution in [2.24, 2.45) is 4.99 Å². The van der Waals surface area contributed by atoms with Gasteiger partial charge in [-0.3, -0.25) is 4.99 Å². The number of aliphatic imine (C=N–C) groups is 1. The van der Waals surface area contributed by atoms with Gasteiger partial charge in [0.15, 0.2) is 5.96 Å². The largest absolute Gasteiger partial charge is 0.496 e. The zero-order valence-corrected chi connectivity index (χ0v) is 16.0. The third kappa shape index (κ3) is 3.76. The first kappa shape index (κ1) is 18.1. The maximum Gasteiger partial charge on any atom is 0.191 e. The molecule has 1 aromatic carbocycles. The second-order valence-corrected chi connectivity index (χ2v) is 6.49. The van der Waals surface area contributed by atoms with E-state index in [9.17, 15) is 0 Å². The second-order valence-electron chi connectivity index (χ2n) is 6.49. The molecule has 0 bridgehead atoms. The summed E-state index contributed by atoms with van der Waals surface area (Å²) in [6.45, 7) is 7.09. The number of aromatic nitrogens is 1. The summed E-state index contributed by atoms with van der Waals surface area (Å²) >= 11 is 0. The van der Waals surface area contributed by atoms with Gasteiger partial charge in [-0.15, -0.1) is 0 Å². The van der Waals surface area contributed by atoms with Gasteiger partial charge in [0.1, 0.15) is 23.4 Å². The van der Waals surface area contributed by atoms with Gasteiger partial charge >= 0.3 is 0 Å². The molecule has 7 heteroatoms. The molecular formula is C19H26N4O3. The first-order valence-electron chi connectivity index (χ1n) is 8.74. The number of fused-ring (bicyclic) bond motifs is 1. The van der Waals surface area contributed by atoms with Crippen LogP contribution in [0.25, 0.3) is 0 Å². The minimum Gasteiger partial charge on any atom is -0.496 e. The maximum absolute atomic E-state index is 5.86. The molecule has 0 amide bonds. The van der Waals surface area contributed by atoms with Crippen LogP contribution in [0.2, 0.25) is 0 Å². The smallest absolute Gasteiger partial charge is 0.191 e. The monoisotopic (exact) mass is 358 g/mol. The summed E-state index contributed by atoms with van der Waals surface area (Å²) in [5.41, 5.74) is 4.15. The van der Waals surface area contributed by atoms with Crippen molar-refractivity contribution in [1.82, 2.24) is 15.8 Å². The van der Waals surface area contributed by atoms with E-state index in [2.05, 4.69) is 33.8 Å². The number of rotatable bonds is 5. The van der Waals surface area contributed by atoms with Crippen molar-refractivity contribution in [3.8, 4) is 11.5 Å². The maximum atomic E-state index is 5.86. The summed E-state index contributed by atoms with van der Waals surface area (Å²) in [5.74, 6) is 3.31. The van der Waals surface area contributed by atoms with E-state index in [4.69, 9.17) is 14.0 Å². The summed E-state index contributed by atoms with van der Waals surface area (Å²) < 4.78 is 16.6. The van der Waals surface area contributed by atoms with E-state index in [1.165, 1.54) is 5.56 Å². The Kier molecular flexibility index (Phi) is 5.35. The third-order valence-corrected chi connectivity index (χ3v) is 4.58. The Hall–Kier alpha value is -2.70. The molecule has 2 heterocycles. The van der Waals surface area contributed by atoms with E-state index in [0.717, 1.165) is 40.5 Å². The van der Waals surface area contributed by atoms with E-state index >= 15 is 0 Å². The van der Waals surface area contributed by atoms with Gasteiger partial charge in [-0.2, -0.15) is 0 Å². The lowest BCUT2D eigenvalue weighted by molar-refractivity contribution is 0.254. The lowest BCUT2D eigenvalue weighted by Gasteiger charge is -2.15. The number of guanidine groups is 1. The van der Waals surface area contributed by atoms with Gasteiger partial charge in [-0.1, -0.05) is 5.16 Å². The van der Waals surface area contributed by atoms with Crippen LogP contribution in [0.15, 0.2) is 21.6 Å². The molecule has 0 fully saturated rings. The number of methoxy groups -OCH3 is 1. The summed E-state index contributed by atoms with van der Waals surface area (Å²) in [7, 11) is 3.43. The molecule has 26 heavy (non-hydrogen) atoms. The predicted octanol–water partition coefficient (Wildman–Crippen LogP) is 2.49. The highest BCUT2D eigenvalue weighted by molar-refractivity contribution is 5.79. The minimum atomic E-state index is 0.211. The molecule has 0 saturated carbocycles. The molecule has 1 atom stereocenters. The summed E-state index contributed by atoms with van der Waals surface area (Å²) in [6.07, 6.45) is 1.13. The number of aryl methyl sites for hydroxylation is 2. The fourth-order valence-electron chi connectivity index (χ4n) is 3.14. The SMILES string of the molecule is CN=C(NCc1cc2c(cc1OC)CC(C)O2)NCc1c(C)noc1C. The molecule has 0 saturated heterocycles. The molecule has 140 valence electrons. The van der Waals surface area contributed by atoms with Gasteiger partial charge in [-0.25, -0.2) is 0 Å². The molecule has 3 rings (SSSR count). The second kappa shape index (κ2) is 7.68. The molecule has 2 aromatic rings. The Bertz CT molecular complexity index is 794. The lowest BCUT2D eigenvalue weighted by Crippen LogP contribution is -2.36. The Labute approximate surface area is 153 Å². The Morgan fingerprint density at radius 3 is 2.73 bits per heavy atom. The molecule has 1 aromatic heterocycles. The molecule has 1 unspecified atom stereocenters. The molecule has 1 aliphatic heterocycles. The van der Waals surface area contributed by atoms with Crippen molar-refractivity contribution in [1.29, 1.82) is 0 Å². The highest BCUT2D eigenvalue weighted by Crippen LogP contribution is 2.34. The zero-order chi connectivity index (χ0) is 18.7. The number of ether oxygens (including phenoxy) is 2. The highest BCUT2D eigenvalue weighted by Gasteiger charge is 2.21. The summed E-state index contributed by atoms with van der Waals surface area (Å²) in [4.78, 5) is 4.27. The van der Waals surface area contributed by atoms with Gasteiger partial charge in [0, 0.05) is 43.2 Å². The van der Waals surface area contributed by atoms with Crippen LogP contribution >= 0.6 is 0 Å². The van der Waals surface area contributed by atoms with Gasteiger partial charge < -0.3 is 24.6 Å². The average Bonchev–Trinajstić information content (AvgIpc) is 3.15. The topological polar surface area (TPSA) is 80.9 Å². The van der Waals surface area contributed by atoms with Crippen LogP contribution in [0.4, 0.5) is 0 Å². The van der Waals surface area contributed by atoms with Crippen LogP contribution in [0.3, 0.4) is 0 Å². The number of hydrogen-bond acceptors (Lipinski definition) is 5. The molecule has 2 N–H and O–H groups in total. The predicted molar refractivity (Wildman–Crippen MR) is 99.8 cm³/mol. The quantitative estimate of drug-likeness (QED) is 0.631. The number of nitrogens with zero attached hydrogens (tertiary/aromatic N) is 2. The molecule has 0 aliphatic carbocycles. The van der Waals surface area contributed by atoms with Crippen molar-refractivity contribution in [3.63, 3.8) is 0 Å². The Morgan fingerprint density at radius 2 is 2.08 bits per heavy atom. The van der Waals surface area contributed by atoms with Crippen LogP contribution in [0.1, 0.15) is 35.1 Å². The van der Waals surface area contributed by atoms with Crippen molar-refractivity contribution < 1.29 is 14.0 Å².